The summed E-state index contributed by atoms with van der Waals surface area (Å²) < 4.78 is 0. The minimum Gasteiger partial charge on any atom is -0.399 e. The van der Waals surface area contributed by atoms with Crippen LogP contribution in [0.25, 0.3) is 0 Å². The van der Waals surface area contributed by atoms with Gasteiger partial charge < -0.3 is 16.6 Å². The van der Waals surface area contributed by atoms with Crippen molar-refractivity contribution >= 4 is 22.7 Å². The van der Waals surface area contributed by atoms with Crippen molar-refractivity contribution in [3.63, 3.8) is 0 Å². The van der Waals surface area contributed by atoms with Crippen LogP contribution in [0.15, 0.2) is 52.7 Å². The zero-order valence-electron chi connectivity index (χ0n) is 9.74. The van der Waals surface area contributed by atoms with Crippen LogP contribution in [0.2, 0.25) is 0 Å². The first-order valence-corrected chi connectivity index (χ1v) is 5.45. The van der Waals surface area contributed by atoms with Crippen molar-refractivity contribution in [2.75, 3.05) is 11.5 Å². The summed E-state index contributed by atoms with van der Waals surface area (Å²) in [5.74, 6) is 0. The van der Waals surface area contributed by atoms with Gasteiger partial charge in [-0.15, -0.1) is 0 Å². The van der Waals surface area contributed by atoms with Gasteiger partial charge in [-0.2, -0.15) is 10.2 Å². The quantitative estimate of drug-likeness (QED) is 0.570. The van der Waals surface area contributed by atoms with Gasteiger partial charge in [0.2, 0.25) is 0 Å². The van der Waals surface area contributed by atoms with Crippen molar-refractivity contribution in [3.8, 4) is 0 Å². The van der Waals surface area contributed by atoms with Crippen LogP contribution in [0.1, 0.15) is 5.56 Å². The molecule has 0 radical (unpaired) electrons. The Bertz CT molecular complexity index is 581. The van der Waals surface area contributed by atoms with Crippen LogP contribution in [0.4, 0.5) is 22.7 Å². The first-order valence-electron chi connectivity index (χ1n) is 5.45. The maximum absolute atomic E-state index is 9.21. The van der Waals surface area contributed by atoms with Crippen molar-refractivity contribution < 1.29 is 5.11 Å². The van der Waals surface area contributed by atoms with E-state index in [0.29, 0.717) is 28.3 Å². The molecule has 5 nitrogen and oxygen atoms in total. The first-order chi connectivity index (χ1) is 8.69. The second-order valence-electron chi connectivity index (χ2n) is 3.84. The number of nitrogens with zero attached hydrogens (tertiary/aromatic N) is 2. The van der Waals surface area contributed by atoms with Crippen molar-refractivity contribution in [1.29, 1.82) is 0 Å². The highest BCUT2D eigenvalue weighted by Crippen LogP contribution is 2.25. The molecular formula is C13H14N4O. The Morgan fingerprint density at radius 3 is 2.44 bits per heavy atom. The number of aliphatic hydroxyl groups excluding tert-OH is 1. The molecular weight excluding hydrogens is 228 g/mol. The van der Waals surface area contributed by atoms with Gasteiger partial charge >= 0.3 is 0 Å². The fourth-order valence-corrected chi connectivity index (χ4v) is 1.53. The van der Waals surface area contributed by atoms with Gasteiger partial charge in [0.1, 0.15) is 0 Å². The molecule has 5 heteroatoms. The van der Waals surface area contributed by atoms with E-state index in [1.807, 2.05) is 0 Å². The number of aliphatic hydroxyl groups is 1. The molecule has 0 unspecified atom stereocenters. The molecule has 92 valence electrons. The number of azo groups is 1. The molecule has 2 aromatic carbocycles. The molecule has 0 heterocycles. The molecule has 0 bridgehead atoms. The average molecular weight is 242 g/mol. The Morgan fingerprint density at radius 1 is 0.944 bits per heavy atom. The maximum atomic E-state index is 9.21. The number of nitrogen functional groups attached to an aromatic ring is 2. The van der Waals surface area contributed by atoms with Gasteiger partial charge in [-0.1, -0.05) is 6.07 Å². The fraction of sp³-hybridized carbons (Fsp3) is 0.0769. The number of hydrogen-bond donors (Lipinski definition) is 3. The third-order valence-electron chi connectivity index (χ3n) is 2.42. The summed E-state index contributed by atoms with van der Waals surface area (Å²) in [6, 6.07) is 12.2. The Balaban J connectivity index is 2.28. The summed E-state index contributed by atoms with van der Waals surface area (Å²) in [6.07, 6.45) is 0. The third-order valence-corrected chi connectivity index (χ3v) is 2.42. The lowest BCUT2D eigenvalue weighted by Crippen LogP contribution is -1.89. The van der Waals surface area contributed by atoms with Gasteiger partial charge in [0.25, 0.3) is 0 Å². The van der Waals surface area contributed by atoms with Crippen molar-refractivity contribution in [2.45, 2.75) is 6.61 Å². The van der Waals surface area contributed by atoms with E-state index in [1.165, 1.54) is 0 Å². The van der Waals surface area contributed by atoms with E-state index >= 15 is 0 Å². The summed E-state index contributed by atoms with van der Waals surface area (Å²) in [4.78, 5) is 0. The van der Waals surface area contributed by atoms with Gasteiger partial charge in [-0.25, -0.2) is 0 Å². The van der Waals surface area contributed by atoms with E-state index < -0.39 is 0 Å². The van der Waals surface area contributed by atoms with E-state index in [1.54, 1.807) is 42.5 Å². The smallest absolute Gasteiger partial charge is 0.0913 e. The highest BCUT2D eigenvalue weighted by Gasteiger charge is 2.01. The van der Waals surface area contributed by atoms with Crippen LogP contribution in [0.3, 0.4) is 0 Å². The van der Waals surface area contributed by atoms with Crippen LogP contribution in [-0.4, -0.2) is 5.11 Å². The molecule has 0 aliphatic rings. The molecule has 0 aromatic heterocycles. The van der Waals surface area contributed by atoms with Crippen molar-refractivity contribution in [1.82, 2.24) is 0 Å². The number of hydrogen-bond acceptors (Lipinski definition) is 5. The second-order valence-corrected chi connectivity index (χ2v) is 3.84. The number of nitrogens with two attached hydrogens (primary N) is 2. The molecule has 2 aromatic rings. The molecule has 0 saturated heterocycles. The average Bonchev–Trinajstić information content (AvgIpc) is 2.37. The van der Waals surface area contributed by atoms with Crippen molar-refractivity contribution in [3.05, 3.63) is 48.0 Å². The molecule has 0 saturated carbocycles. The molecule has 0 aliphatic heterocycles. The predicted octanol–water partition coefficient (Wildman–Crippen LogP) is 2.76. The highest BCUT2D eigenvalue weighted by molar-refractivity contribution is 5.55. The zero-order chi connectivity index (χ0) is 13.0. The van der Waals surface area contributed by atoms with Gasteiger partial charge in [-0.05, 0) is 36.4 Å². The van der Waals surface area contributed by atoms with Crippen LogP contribution < -0.4 is 11.5 Å². The largest absolute Gasteiger partial charge is 0.399 e. The SMILES string of the molecule is Nc1cccc(N=Nc2ccc(N)cc2CO)c1. The molecule has 18 heavy (non-hydrogen) atoms. The summed E-state index contributed by atoms with van der Waals surface area (Å²) in [5, 5.41) is 17.4. The topological polar surface area (TPSA) is 97.0 Å². The summed E-state index contributed by atoms with van der Waals surface area (Å²) >= 11 is 0. The third kappa shape index (κ3) is 2.83. The molecule has 2 rings (SSSR count). The van der Waals surface area contributed by atoms with Gasteiger partial charge in [-0.3, -0.25) is 0 Å². The van der Waals surface area contributed by atoms with Crippen LogP contribution in [0, 0.1) is 0 Å². The lowest BCUT2D eigenvalue weighted by atomic mass is 10.2. The number of benzene rings is 2. The standard InChI is InChI=1S/C13H14N4O/c14-10-2-1-3-12(7-10)16-17-13-5-4-11(15)6-9(13)8-18/h1-7,18H,8,14-15H2. The lowest BCUT2D eigenvalue weighted by Gasteiger charge is -2.02. The summed E-state index contributed by atoms with van der Waals surface area (Å²) in [6.45, 7) is -0.129. The molecule has 0 aliphatic carbocycles. The zero-order valence-corrected chi connectivity index (χ0v) is 9.74. The molecule has 0 spiro atoms. The van der Waals surface area contributed by atoms with E-state index in [9.17, 15) is 5.11 Å². The van der Waals surface area contributed by atoms with E-state index in [-0.39, 0.29) is 6.61 Å². The molecule has 0 amide bonds. The molecule has 5 N–H and O–H groups in total. The van der Waals surface area contributed by atoms with Gasteiger partial charge in [0.05, 0.1) is 18.0 Å². The summed E-state index contributed by atoms with van der Waals surface area (Å²) in [5.41, 5.74) is 14.4. The fourth-order valence-electron chi connectivity index (χ4n) is 1.53. The van der Waals surface area contributed by atoms with E-state index in [0.717, 1.165) is 0 Å². The van der Waals surface area contributed by atoms with Crippen molar-refractivity contribution in [2.24, 2.45) is 10.2 Å². The first kappa shape index (κ1) is 12.1. The highest BCUT2D eigenvalue weighted by atomic mass is 16.3. The van der Waals surface area contributed by atoms with Crippen LogP contribution >= 0.6 is 0 Å². The monoisotopic (exact) mass is 242 g/mol. The Morgan fingerprint density at radius 2 is 1.72 bits per heavy atom. The van der Waals surface area contributed by atoms with Gasteiger partial charge in [0, 0.05) is 16.9 Å². The van der Waals surface area contributed by atoms with Gasteiger partial charge in [0.15, 0.2) is 0 Å². The van der Waals surface area contributed by atoms with E-state index in [4.69, 9.17) is 11.5 Å². The summed E-state index contributed by atoms with van der Waals surface area (Å²) in [7, 11) is 0. The number of rotatable bonds is 3. The Kier molecular flexibility index (Phi) is 3.54. The predicted molar refractivity (Wildman–Crippen MR) is 71.8 cm³/mol. The molecule has 0 fully saturated rings. The second kappa shape index (κ2) is 5.29. The minimum atomic E-state index is -0.129. The Labute approximate surface area is 105 Å². The lowest BCUT2D eigenvalue weighted by molar-refractivity contribution is 0.282. The normalized spacial score (nSPS) is 10.9. The van der Waals surface area contributed by atoms with Crippen LogP contribution in [-0.2, 0) is 6.61 Å². The number of anilines is 2. The van der Waals surface area contributed by atoms with E-state index in [2.05, 4.69) is 10.2 Å². The molecule has 0 atom stereocenters. The maximum Gasteiger partial charge on any atom is 0.0913 e. The Hall–Kier alpha value is -2.40. The van der Waals surface area contributed by atoms with Crippen LogP contribution in [0.5, 0.6) is 0 Å². The minimum absolute atomic E-state index is 0.129.